The molecule has 0 aliphatic carbocycles. The van der Waals surface area contributed by atoms with Gasteiger partial charge in [-0.15, -0.1) is 0 Å². The molecule has 104 valence electrons. The number of hydrogen-bond acceptors (Lipinski definition) is 3. The number of unbranched alkanes of at least 4 members (excludes halogenated alkanes) is 1. The Kier molecular flexibility index (Phi) is 8.08. The molecular weight excluding hydrogens is 230 g/mol. The third-order valence-electron chi connectivity index (χ3n) is 2.58. The quantitative estimate of drug-likeness (QED) is 0.494. The number of carbonyl (C=O) groups excluding carboxylic acids is 2. The molecule has 0 rings (SSSR count). The van der Waals surface area contributed by atoms with E-state index in [1.165, 1.54) is 11.0 Å². The van der Waals surface area contributed by atoms with Crippen molar-refractivity contribution in [3.8, 4) is 0 Å². The molecule has 1 atom stereocenters. The van der Waals surface area contributed by atoms with Gasteiger partial charge in [-0.25, -0.2) is 4.79 Å². The molecule has 0 heterocycles. The van der Waals surface area contributed by atoms with E-state index in [0.717, 1.165) is 12.8 Å². The predicted octanol–water partition coefficient (Wildman–Crippen LogP) is 2.39. The summed E-state index contributed by atoms with van der Waals surface area (Å²) in [6.07, 6.45) is 3.07. The standard InChI is InChI=1S/C14H25NO3/c1-6-8-9-15(13(16)7-2)12(5)14(17)18-10-11(3)4/h7,11-12H,2,6,8-10H2,1,3-5H3. The first-order chi connectivity index (χ1) is 8.43. The molecule has 0 saturated carbocycles. The van der Waals surface area contributed by atoms with E-state index in [4.69, 9.17) is 4.74 Å². The Morgan fingerprint density at radius 1 is 1.33 bits per heavy atom. The van der Waals surface area contributed by atoms with Gasteiger partial charge in [-0.1, -0.05) is 33.8 Å². The number of rotatable bonds is 8. The van der Waals surface area contributed by atoms with Gasteiger partial charge in [0.25, 0.3) is 0 Å². The molecule has 0 aliphatic rings. The van der Waals surface area contributed by atoms with Crippen LogP contribution in [-0.2, 0) is 14.3 Å². The van der Waals surface area contributed by atoms with Crippen molar-refractivity contribution in [3.63, 3.8) is 0 Å². The maximum atomic E-state index is 11.8. The van der Waals surface area contributed by atoms with Crippen LogP contribution in [0, 0.1) is 5.92 Å². The maximum absolute atomic E-state index is 11.8. The highest BCUT2D eigenvalue weighted by atomic mass is 16.5. The fourth-order valence-electron chi connectivity index (χ4n) is 1.44. The summed E-state index contributed by atoms with van der Waals surface area (Å²) in [5.41, 5.74) is 0. The van der Waals surface area contributed by atoms with E-state index in [9.17, 15) is 9.59 Å². The van der Waals surface area contributed by atoms with E-state index in [-0.39, 0.29) is 11.9 Å². The number of carbonyl (C=O) groups is 2. The van der Waals surface area contributed by atoms with Crippen molar-refractivity contribution in [3.05, 3.63) is 12.7 Å². The topological polar surface area (TPSA) is 46.6 Å². The lowest BCUT2D eigenvalue weighted by molar-refractivity contribution is -0.154. The van der Waals surface area contributed by atoms with Crippen molar-refractivity contribution in [2.75, 3.05) is 13.2 Å². The van der Waals surface area contributed by atoms with Gasteiger partial charge in [-0.3, -0.25) is 4.79 Å². The van der Waals surface area contributed by atoms with Crippen molar-refractivity contribution < 1.29 is 14.3 Å². The number of nitrogens with zero attached hydrogens (tertiary/aromatic N) is 1. The molecule has 1 unspecified atom stereocenters. The average Bonchev–Trinajstić information content (AvgIpc) is 2.35. The van der Waals surface area contributed by atoms with E-state index >= 15 is 0 Å². The summed E-state index contributed by atoms with van der Waals surface area (Å²) in [7, 11) is 0. The highest BCUT2D eigenvalue weighted by Crippen LogP contribution is 2.07. The summed E-state index contributed by atoms with van der Waals surface area (Å²) >= 11 is 0. The van der Waals surface area contributed by atoms with E-state index in [2.05, 4.69) is 6.58 Å². The van der Waals surface area contributed by atoms with Crippen molar-refractivity contribution in [2.24, 2.45) is 5.92 Å². The van der Waals surface area contributed by atoms with Gasteiger partial charge in [-0.05, 0) is 25.3 Å². The third-order valence-corrected chi connectivity index (χ3v) is 2.58. The van der Waals surface area contributed by atoms with Gasteiger partial charge in [0.1, 0.15) is 6.04 Å². The highest BCUT2D eigenvalue weighted by molar-refractivity contribution is 5.91. The summed E-state index contributed by atoms with van der Waals surface area (Å²) < 4.78 is 5.15. The summed E-state index contributed by atoms with van der Waals surface area (Å²) in [4.78, 5) is 25.0. The predicted molar refractivity (Wildman–Crippen MR) is 72.1 cm³/mol. The number of hydrogen-bond donors (Lipinski definition) is 0. The zero-order chi connectivity index (χ0) is 14.1. The number of ether oxygens (including phenoxy) is 1. The fourth-order valence-corrected chi connectivity index (χ4v) is 1.44. The van der Waals surface area contributed by atoms with Crippen molar-refractivity contribution in [2.45, 2.75) is 46.6 Å². The van der Waals surface area contributed by atoms with Crippen LogP contribution in [0.25, 0.3) is 0 Å². The van der Waals surface area contributed by atoms with E-state index in [1.807, 2.05) is 20.8 Å². The lowest BCUT2D eigenvalue weighted by Crippen LogP contribution is -2.44. The van der Waals surface area contributed by atoms with Crippen LogP contribution in [0.3, 0.4) is 0 Å². The van der Waals surface area contributed by atoms with Crippen LogP contribution in [-0.4, -0.2) is 36.0 Å². The molecule has 4 nitrogen and oxygen atoms in total. The fraction of sp³-hybridized carbons (Fsp3) is 0.714. The SMILES string of the molecule is C=CC(=O)N(CCCC)C(C)C(=O)OCC(C)C. The average molecular weight is 255 g/mol. The minimum atomic E-state index is -0.555. The summed E-state index contributed by atoms with van der Waals surface area (Å²) in [6.45, 7) is 12.1. The minimum Gasteiger partial charge on any atom is -0.464 e. The first kappa shape index (κ1) is 16.7. The zero-order valence-electron chi connectivity index (χ0n) is 11.9. The van der Waals surface area contributed by atoms with Gasteiger partial charge in [0.05, 0.1) is 6.61 Å². The summed E-state index contributed by atoms with van der Waals surface area (Å²) in [5.74, 6) is -0.284. The molecule has 0 aromatic rings. The molecule has 0 spiro atoms. The van der Waals surface area contributed by atoms with Crippen LogP contribution in [0.2, 0.25) is 0 Å². The Bertz CT molecular complexity index is 287. The molecule has 0 aromatic heterocycles. The largest absolute Gasteiger partial charge is 0.464 e. The molecule has 0 saturated heterocycles. The van der Waals surface area contributed by atoms with E-state index in [0.29, 0.717) is 19.1 Å². The lowest BCUT2D eigenvalue weighted by Gasteiger charge is -2.26. The van der Waals surface area contributed by atoms with Crippen molar-refractivity contribution >= 4 is 11.9 Å². The van der Waals surface area contributed by atoms with Crippen LogP contribution in [0.4, 0.5) is 0 Å². The number of esters is 1. The molecule has 1 amide bonds. The second-order valence-electron chi connectivity index (χ2n) is 4.79. The van der Waals surface area contributed by atoms with Gasteiger partial charge in [0.15, 0.2) is 0 Å². The van der Waals surface area contributed by atoms with Crippen LogP contribution >= 0.6 is 0 Å². The van der Waals surface area contributed by atoms with Crippen molar-refractivity contribution in [1.82, 2.24) is 4.90 Å². The zero-order valence-corrected chi connectivity index (χ0v) is 11.9. The second kappa shape index (κ2) is 8.72. The summed E-state index contributed by atoms with van der Waals surface area (Å²) in [6, 6.07) is -0.555. The maximum Gasteiger partial charge on any atom is 0.328 e. The lowest BCUT2D eigenvalue weighted by atomic mass is 10.2. The first-order valence-electron chi connectivity index (χ1n) is 6.53. The molecule has 0 N–H and O–H groups in total. The Morgan fingerprint density at radius 2 is 1.94 bits per heavy atom. The molecular formula is C14H25NO3. The van der Waals surface area contributed by atoms with E-state index < -0.39 is 6.04 Å². The molecule has 0 bridgehead atoms. The smallest absolute Gasteiger partial charge is 0.328 e. The first-order valence-corrected chi connectivity index (χ1v) is 6.53. The summed E-state index contributed by atoms with van der Waals surface area (Å²) in [5, 5.41) is 0. The van der Waals surface area contributed by atoms with Gasteiger partial charge in [-0.2, -0.15) is 0 Å². The normalized spacial score (nSPS) is 12.1. The van der Waals surface area contributed by atoms with E-state index in [1.54, 1.807) is 6.92 Å². The van der Waals surface area contributed by atoms with Gasteiger partial charge >= 0.3 is 5.97 Å². The highest BCUT2D eigenvalue weighted by Gasteiger charge is 2.25. The molecule has 0 aliphatic heterocycles. The second-order valence-corrected chi connectivity index (χ2v) is 4.79. The molecule has 0 fully saturated rings. The van der Waals surface area contributed by atoms with Crippen LogP contribution in [0.1, 0.15) is 40.5 Å². The minimum absolute atomic E-state index is 0.225. The Labute approximate surface area is 110 Å². The number of amides is 1. The van der Waals surface area contributed by atoms with Crippen LogP contribution < -0.4 is 0 Å². The molecule has 4 heteroatoms. The molecule has 0 radical (unpaired) electrons. The van der Waals surface area contributed by atoms with Gasteiger partial charge < -0.3 is 9.64 Å². The monoisotopic (exact) mass is 255 g/mol. The Balaban J connectivity index is 4.52. The van der Waals surface area contributed by atoms with Crippen molar-refractivity contribution in [1.29, 1.82) is 0 Å². The Morgan fingerprint density at radius 3 is 2.39 bits per heavy atom. The van der Waals surface area contributed by atoms with Crippen LogP contribution in [0.15, 0.2) is 12.7 Å². The van der Waals surface area contributed by atoms with Gasteiger partial charge in [0, 0.05) is 6.54 Å². The molecule has 18 heavy (non-hydrogen) atoms. The van der Waals surface area contributed by atoms with Crippen LogP contribution in [0.5, 0.6) is 0 Å². The third kappa shape index (κ3) is 5.84. The van der Waals surface area contributed by atoms with Gasteiger partial charge in [0.2, 0.25) is 5.91 Å². The Hall–Kier alpha value is -1.32. The molecule has 0 aromatic carbocycles.